The number of nitriles is 1. The smallest absolute Gasteiger partial charge is 0.266 e. The molecule has 1 fully saturated rings. The van der Waals surface area contributed by atoms with Crippen molar-refractivity contribution in [2.75, 3.05) is 18.0 Å². The lowest BCUT2D eigenvalue weighted by molar-refractivity contribution is 0.0257. The van der Waals surface area contributed by atoms with Crippen LogP contribution in [0.3, 0.4) is 0 Å². The standard InChI is InChI=1S/C18H16F2N6O/c1-10-13(11(2)22-17-16(10)24-27-25-17)7-12-3-4-15(14(8-21)23-12)26-6-5-18(19,20)9-26/h3-4H,5-7,9H2,1-2H3. The van der Waals surface area contributed by atoms with E-state index in [2.05, 4.69) is 20.3 Å². The van der Waals surface area contributed by atoms with Crippen molar-refractivity contribution >= 4 is 16.9 Å². The van der Waals surface area contributed by atoms with Gasteiger partial charge in [0, 0.05) is 30.8 Å². The van der Waals surface area contributed by atoms with Crippen LogP contribution in [0.25, 0.3) is 11.2 Å². The van der Waals surface area contributed by atoms with Crippen molar-refractivity contribution in [2.45, 2.75) is 32.6 Å². The fraction of sp³-hybridized carbons (Fsp3) is 0.389. The lowest BCUT2D eigenvalue weighted by Crippen LogP contribution is -2.25. The minimum atomic E-state index is -2.73. The normalized spacial score (nSPS) is 16.0. The first-order chi connectivity index (χ1) is 12.9. The Balaban J connectivity index is 1.67. The Hall–Kier alpha value is -3.15. The molecule has 0 unspecified atom stereocenters. The van der Waals surface area contributed by atoms with Gasteiger partial charge in [0.1, 0.15) is 6.07 Å². The minimum absolute atomic E-state index is 0.151. The molecule has 3 aromatic rings. The van der Waals surface area contributed by atoms with Crippen molar-refractivity contribution in [2.24, 2.45) is 0 Å². The summed E-state index contributed by atoms with van der Waals surface area (Å²) in [5.41, 5.74) is 4.89. The van der Waals surface area contributed by atoms with E-state index in [0.717, 1.165) is 16.8 Å². The predicted octanol–water partition coefficient (Wildman–Crippen LogP) is 2.94. The fourth-order valence-electron chi connectivity index (χ4n) is 3.45. The maximum atomic E-state index is 13.5. The molecule has 0 bridgehead atoms. The molecule has 4 heterocycles. The molecule has 0 amide bonds. The zero-order valence-electron chi connectivity index (χ0n) is 14.8. The average Bonchev–Trinajstić information content (AvgIpc) is 3.24. The minimum Gasteiger partial charge on any atom is -0.363 e. The van der Waals surface area contributed by atoms with E-state index >= 15 is 0 Å². The first-order valence-corrected chi connectivity index (χ1v) is 8.49. The van der Waals surface area contributed by atoms with Gasteiger partial charge in [-0.15, -0.1) is 0 Å². The van der Waals surface area contributed by atoms with Crippen molar-refractivity contribution in [3.05, 3.63) is 40.3 Å². The van der Waals surface area contributed by atoms with Crippen molar-refractivity contribution in [3.8, 4) is 6.07 Å². The van der Waals surface area contributed by atoms with Gasteiger partial charge in [-0.05, 0) is 47.4 Å². The number of rotatable bonds is 3. The van der Waals surface area contributed by atoms with Crippen molar-refractivity contribution in [1.29, 1.82) is 5.26 Å². The summed E-state index contributed by atoms with van der Waals surface area (Å²) in [4.78, 5) is 10.3. The van der Waals surface area contributed by atoms with Crippen LogP contribution in [-0.4, -0.2) is 39.3 Å². The summed E-state index contributed by atoms with van der Waals surface area (Å²) in [5.74, 6) is -2.73. The number of anilines is 1. The Kier molecular flexibility index (Phi) is 3.98. The Bertz CT molecular complexity index is 1070. The predicted molar refractivity (Wildman–Crippen MR) is 92.6 cm³/mol. The molecule has 1 saturated heterocycles. The van der Waals surface area contributed by atoms with E-state index in [0.29, 0.717) is 29.0 Å². The highest BCUT2D eigenvalue weighted by Crippen LogP contribution is 2.32. The van der Waals surface area contributed by atoms with Gasteiger partial charge in [0.15, 0.2) is 11.2 Å². The summed E-state index contributed by atoms with van der Waals surface area (Å²) in [6, 6.07) is 5.48. The van der Waals surface area contributed by atoms with Crippen molar-refractivity contribution in [3.63, 3.8) is 0 Å². The van der Waals surface area contributed by atoms with Crippen LogP contribution < -0.4 is 4.90 Å². The van der Waals surface area contributed by atoms with Gasteiger partial charge in [-0.2, -0.15) is 5.26 Å². The van der Waals surface area contributed by atoms with Crippen molar-refractivity contribution in [1.82, 2.24) is 20.3 Å². The van der Waals surface area contributed by atoms with E-state index in [-0.39, 0.29) is 25.2 Å². The molecule has 0 saturated carbocycles. The highest BCUT2D eigenvalue weighted by atomic mass is 19.3. The zero-order valence-corrected chi connectivity index (χ0v) is 14.8. The van der Waals surface area contributed by atoms with Crippen LogP contribution in [0.2, 0.25) is 0 Å². The molecule has 138 valence electrons. The number of aromatic nitrogens is 4. The second-order valence-electron chi connectivity index (χ2n) is 6.72. The molecule has 9 heteroatoms. The van der Waals surface area contributed by atoms with Crippen molar-refractivity contribution < 1.29 is 13.4 Å². The third-order valence-electron chi connectivity index (χ3n) is 4.90. The third kappa shape index (κ3) is 3.07. The third-order valence-corrected chi connectivity index (χ3v) is 4.90. The molecule has 0 spiro atoms. The molecule has 0 aliphatic carbocycles. The molecule has 1 aliphatic rings. The zero-order chi connectivity index (χ0) is 19.2. The van der Waals surface area contributed by atoms with Crippen LogP contribution in [0.1, 0.15) is 34.6 Å². The topological polar surface area (TPSA) is 91.7 Å². The molecule has 27 heavy (non-hydrogen) atoms. The Morgan fingerprint density at radius 2 is 2.07 bits per heavy atom. The number of hydrogen-bond acceptors (Lipinski definition) is 7. The van der Waals surface area contributed by atoms with Gasteiger partial charge < -0.3 is 4.90 Å². The van der Waals surface area contributed by atoms with Gasteiger partial charge in [0.2, 0.25) is 5.65 Å². The molecule has 0 radical (unpaired) electrons. The van der Waals surface area contributed by atoms with Gasteiger partial charge in [-0.1, -0.05) is 0 Å². The summed E-state index contributed by atoms with van der Waals surface area (Å²) in [6.45, 7) is 3.59. The fourth-order valence-corrected chi connectivity index (χ4v) is 3.45. The summed E-state index contributed by atoms with van der Waals surface area (Å²) in [7, 11) is 0. The van der Waals surface area contributed by atoms with Crippen LogP contribution in [0.5, 0.6) is 0 Å². The highest BCUT2D eigenvalue weighted by molar-refractivity contribution is 5.74. The summed E-state index contributed by atoms with van der Waals surface area (Å²) in [6.07, 6.45) is 0.230. The van der Waals surface area contributed by atoms with Crippen LogP contribution >= 0.6 is 0 Å². The summed E-state index contributed by atoms with van der Waals surface area (Å²) < 4.78 is 31.7. The van der Waals surface area contributed by atoms with Gasteiger partial charge in [-0.25, -0.2) is 23.4 Å². The van der Waals surface area contributed by atoms with Crippen LogP contribution in [0.4, 0.5) is 14.5 Å². The molecule has 4 rings (SSSR count). The number of aryl methyl sites for hydroxylation is 2. The number of hydrogen-bond donors (Lipinski definition) is 0. The first kappa shape index (κ1) is 17.3. The quantitative estimate of drug-likeness (QED) is 0.700. The largest absolute Gasteiger partial charge is 0.363 e. The molecule has 7 nitrogen and oxygen atoms in total. The second-order valence-corrected chi connectivity index (χ2v) is 6.72. The van der Waals surface area contributed by atoms with E-state index in [1.54, 1.807) is 12.1 Å². The lowest BCUT2D eigenvalue weighted by Gasteiger charge is -2.19. The Morgan fingerprint density at radius 1 is 1.26 bits per heavy atom. The Morgan fingerprint density at radius 3 is 2.78 bits per heavy atom. The SMILES string of the molecule is Cc1nc2nonc2c(C)c1Cc1ccc(N2CCC(F)(F)C2)c(C#N)n1. The highest BCUT2D eigenvalue weighted by Gasteiger charge is 2.39. The molecule has 0 atom stereocenters. The van der Waals surface area contributed by atoms with E-state index in [9.17, 15) is 14.0 Å². The van der Waals surface area contributed by atoms with E-state index in [1.165, 1.54) is 4.90 Å². The Labute approximate surface area is 153 Å². The summed E-state index contributed by atoms with van der Waals surface area (Å²) >= 11 is 0. The van der Waals surface area contributed by atoms with Gasteiger partial charge in [-0.3, -0.25) is 0 Å². The maximum Gasteiger partial charge on any atom is 0.266 e. The molecule has 3 aromatic heterocycles. The van der Waals surface area contributed by atoms with Crippen LogP contribution in [-0.2, 0) is 6.42 Å². The van der Waals surface area contributed by atoms with Crippen LogP contribution in [0, 0.1) is 25.2 Å². The number of alkyl halides is 2. The molecule has 0 N–H and O–H groups in total. The molecular weight excluding hydrogens is 354 g/mol. The summed E-state index contributed by atoms with van der Waals surface area (Å²) in [5, 5.41) is 17.1. The molecular formula is C18H16F2N6O. The molecule has 0 aromatic carbocycles. The average molecular weight is 370 g/mol. The van der Waals surface area contributed by atoms with Gasteiger partial charge in [0.05, 0.1) is 12.2 Å². The van der Waals surface area contributed by atoms with E-state index in [1.807, 2.05) is 19.9 Å². The maximum absolute atomic E-state index is 13.5. The first-order valence-electron chi connectivity index (χ1n) is 8.49. The lowest BCUT2D eigenvalue weighted by atomic mass is 10.0. The van der Waals surface area contributed by atoms with E-state index < -0.39 is 5.92 Å². The number of nitrogens with zero attached hydrogens (tertiary/aromatic N) is 6. The molecule has 1 aliphatic heterocycles. The number of fused-ring (bicyclic) bond motifs is 1. The number of halogens is 2. The van der Waals surface area contributed by atoms with Gasteiger partial charge >= 0.3 is 0 Å². The van der Waals surface area contributed by atoms with Crippen LogP contribution in [0.15, 0.2) is 16.8 Å². The van der Waals surface area contributed by atoms with E-state index in [4.69, 9.17) is 4.63 Å². The van der Waals surface area contributed by atoms with Gasteiger partial charge in [0.25, 0.3) is 5.92 Å². The monoisotopic (exact) mass is 370 g/mol. The second kappa shape index (κ2) is 6.23. The number of pyridine rings is 2.